The van der Waals surface area contributed by atoms with E-state index >= 15 is 0 Å². The highest BCUT2D eigenvalue weighted by atomic mass is 16.2. The van der Waals surface area contributed by atoms with Crippen molar-refractivity contribution in [2.24, 2.45) is 11.8 Å². The van der Waals surface area contributed by atoms with Gasteiger partial charge in [0, 0.05) is 19.5 Å². The molecule has 0 aliphatic carbocycles. The van der Waals surface area contributed by atoms with Crippen molar-refractivity contribution in [3.8, 4) is 0 Å². The van der Waals surface area contributed by atoms with Gasteiger partial charge in [0.15, 0.2) is 0 Å². The van der Waals surface area contributed by atoms with E-state index in [1.807, 2.05) is 18.7 Å². The molecule has 2 heteroatoms. The topological polar surface area (TPSA) is 20.3 Å². The number of piperidine rings is 1. The van der Waals surface area contributed by atoms with Gasteiger partial charge in [-0.25, -0.2) is 0 Å². The highest BCUT2D eigenvalue weighted by Crippen LogP contribution is 2.17. The molecule has 0 aromatic rings. The number of nitrogens with zero attached hydrogens (tertiary/aromatic N) is 1. The first-order valence-corrected chi connectivity index (χ1v) is 6.37. The maximum Gasteiger partial charge on any atom is 0.222 e. The van der Waals surface area contributed by atoms with Crippen LogP contribution in [0.5, 0.6) is 0 Å². The van der Waals surface area contributed by atoms with E-state index in [2.05, 4.69) is 20.8 Å². The summed E-state index contributed by atoms with van der Waals surface area (Å²) in [7, 11) is 0. The van der Waals surface area contributed by atoms with Gasteiger partial charge in [-0.1, -0.05) is 34.6 Å². The third kappa shape index (κ3) is 5.81. The Bertz CT molecular complexity index is 169. The molecule has 2 nitrogen and oxygen atoms in total. The molecule has 1 amide bonds. The molecule has 0 bridgehead atoms. The van der Waals surface area contributed by atoms with Crippen LogP contribution in [-0.2, 0) is 4.79 Å². The van der Waals surface area contributed by atoms with Crippen LogP contribution in [0.25, 0.3) is 0 Å². The van der Waals surface area contributed by atoms with Crippen LogP contribution in [-0.4, -0.2) is 23.9 Å². The van der Waals surface area contributed by atoms with Gasteiger partial charge in [-0.3, -0.25) is 4.79 Å². The summed E-state index contributed by atoms with van der Waals surface area (Å²) in [5.41, 5.74) is 0. The minimum atomic E-state index is 0.349. The van der Waals surface area contributed by atoms with Crippen LogP contribution in [0.3, 0.4) is 0 Å². The highest BCUT2D eigenvalue weighted by molar-refractivity contribution is 5.76. The Balaban J connectivity index is 0.000000921. The van der Waals surface area contributed by atoms with Gasteiger partial charge in [-0.05, 0) is 24.7 Å². The summed E-state index contributed by atoms with van der Waals surface area (Å²) in [5.74, 6) is 1.65. The van der Waals surface area contributed by atoms with Crippen molar-refractivity contribution in [3.05, 3.63) is 0 Å². The predicted octanol–water partition coefficient (Wildman–Crippen LogP) is 3.32. The van der Waals surface area contributed by atoms with Gasteiger partial charge in [0.1, 0.15) is 0 Å². The fraction of sp³-hybridized carbons (Fsp3) is 0.923. The summed E-state index contributed by atoms with van der Waals surface area (Å²) >= 11 is 0. The lowest BCUT2D eigenvalue weighted by Crippen LogP contribution is -2.38. The molecule has 1 aliphatic rings. The molecular weight excluding hydrogens is 186 g/mol. The highest BCUT2D eigenvalue weighted by Gasteiger charge is 2.20. The fourth-order valence-corrected chi connectivity index (χ4v) is 1.74. The molecule has 0 unspecified atom stereocenters. The van der Waals surface area contributed by atoms with Crippen molar-refractivity contribution in [2.75, 3.05) is 13.1 Å². The molecule has 1 heterocycles. The molecular formula is C13H27NO. The molecule has 1 saturated heterocycles. The van der Waals surface area contributed by atoms with Gasteiger partial charge >= 0.3 is 0 Å². The second-order valence-electron chi connectivity index (χ2n) is 4.66. The second-order valence-corrected chi connectivity index (χ2v) is 4.66. The Morgan fingerprint density at radius 1 is 1.27 bits per heavy atom. The minimum absolute atomic E-state index is 0.349. The largest absolute Gasteiger partial charge is 0.343 e. The van der Waals surface area contributed by atoms with Crippen molar-refractivity contribution in [2.45, 2.75) is 53.9 Å². The van der Waals surface area contributed by atoms with Crippen LogP contribution in [0, 0.1) is 11.8 Å². The lowest BCUT2D eigenvalue weighted by molar-refractivity contribution is -0.133. The van der Waals surface area contributed by atoms with Crippen LogP contribution >= 0.6 is 0 Å². The maximum absolute atomic E-state index is 11.6. The third-order valence-electron chi connectivity index (χ3n) is 2.72. The molecule has 0 spiro atoms. The van der Waals surface area contributed by atoms with E-state index in [1.165, 1.54) is 12.8 Å². The summed E-state index contributed by atoms with van der Waals surface area (Å²) in [4.78, 5) is 13.7. The summed E-state index contributed by atoms with van der Waals surface area (Å²) in [6.45, 7) is 12.4. The number of likely N-dealkylation sites (tertiary alicyclic amines) is 1. The van der Waals surface area contributed by atoms with E-state index in [0.29, 0.717) is 18.2 Å². The van der Waals surface area contributed by atoms with Crippen LogP contribution in [0.4, 0.5) is 0 Å². The standard InChI is InChI=1S/C11H21NO.C2H6/c1-9(2)8-11(13)12-6-4-10(3)5-7-12;1-2/h9-10H,4-8H2,1-3H3;1-2H3. The summed E-state index contributed by atoms with van der Waals surface area (Å²) in [6, 6.07) is 0. The molecule has 0 atom stereocenters. The molecule has 1 fully saturated rings. The lowest BCUT2D eigenvalue weighted by atomic mass is 9.98. The molecule has 0 N–H and O–H groups in total. The zero-order chi connectivity index (χ0) is 11.8. The van der Waals surface area contributed by atoms with Crippen LogP contribution in [0.2, 0.25) is 0 Å². The van der Waals surface area contributed by atoms with Crippen molar-refractivity contribution in [1.29, 1.82) is 0 Å². The van der Waals surface area contributed by atoms with Crippen LogP contribution in [0.15, 0.2) is 0 Å². The van der Waals surface area contributed by atoms with Crippen LogP contribution < -0.4 is 0 Å². The Morgan fingerprint density at radius 3 is 2.13 bits per heavy atom. The average molecular weight is 213 g/mol. The number of carbonyl (C=O) groups is 1. The zero-order valence-electron chi connectivity index (χ0n) is 11.0. The number of hydrogen-bond donors (Lipinski definition) is 0. The Morgan fingerprint density at radius 2 is 1.73 bits per heavy atom. The van der Waals surface area contributed by atoms with Crippen molar-refractivity contribution in [3.63, 3.8) is 0 Å². The van der Waals surface area contributed by atoms with Gasteiger partial charge < -0.3 is 4.90 Å². The second kappa shape index (κ2) is 7.72. The molecule has 0 saturated carbocycles. The predicted molar refractivity (Wildman–Crippen MR) is 65.8 cm³/mol. The Kier molecular flexibility index (Phi) is 7.45. The molecule has 1 rings (SSSR count). The number of amides is 1. The van der Waals surface area contributed by atoms with E-state index in [4.69, 9.17) is 0 Å². The van der Waals surface area contributed by atoms with Gasteiger partial charge in [-0.2, -0.15) is 0 Å². The van der Waals surface area contributed by atoms with Gasteiger partial charge in [0.25, 0.3) is 0 Å². The molecule has 1 aliphatic heterocycles. The molecule has 0 aromatic carbocycles. The molecule has 0 radical (unpaired) electrons. The Labute approximate surface area is 95.0 Å². The molecule has 90 valence electrons. The monoisotopic (exact) mass is 213 g/mol. The van der Waals surface area contributed by atoms with E-state index in [-0.39, 0.29) is 0 Å². The minimum Gasteiger partial charge on any atom is -0.343 e. The van der Waals surface area contributed by atoms with E-state index in [1.54, 1.807) is 0 Å². The number of rotatable bonds is 2. The summed E-state index contributed by atoms with van der Waals surface area (Å²) in [6.07, 6.45) is 3.09. The third-order valence-corrected chi connectivity index (χ3v) is 2.72. The molecule has 0 aromatic heterocycles. The van der Waals surface area contributed by atoms with Gasteiger partial charge in [-0.15, -0.1) is 0 Å². The fourth-order valence-electron chi connectivity index (χ4n) is 1.74. The quantitative estimate of drug-likeness (QED) is 0.689. The van der Waals surface area contributed by atoms with Gasteiger partial charge in [0.2, 0.25) is 5.91 Å². The first kappa shape index (κ1) is 14.5. The van der Waals surface area contributed by atoms with E-state index in [9.17, 15) is 4.79 Å². The zero-order valence-corrected chi connectivity index (χ0v) is 11.0. The van der Waals surface area contributed by atoms with Crippen LogP contribution in [0.1, 0.15) is 53.9 Å². The van der Waals surface area contributed by atoms with Crippen molar-refractivity contribution >= 4 is 5.91 Å². The number of carbonyl (C=O) groups excluding carboxylic acids is 1. The summed E-state index contributed by atoms with van der Waals surface area (Å²) in [5, 5.41) is 0. The van der Waals surface area contributed by atoms with Gasteiger partial charge in [0.05, 0.1) is 0 Å². The Hall–Kier alpha value is -0.530. The smallest absolute Gasteiger partial charge is 0.222 e. The van der Waals surface area contributed by atoms with Crippen molar-refractivity contribution in [1.82, 2.24) is 4.90 Å². The van der Waals surface area contributed by atoms with E-state index < -0.39 is 0 Å². The first-order valence-electron chi connectivity index (χ1n) is 6.37. The van der Waals surface area contributed by atoms with Crippen molar-refractivity contribution < 1.29 is 4.79 Å². The first-order chi connectivity index (χ1) is 7.09. The molecule has 15 heavy (non-hydrogen) atoms. The summed E-state index contributed by atoms with van der Waals surface area (Å²) < 4.78 is 0. The lowest BCUT2D eigenvalue weighted by Gasteiger charge is -2.30. The maximum atomic E-state index is 11.6. The number of hydrogen-bond acceptors (Lipinski definition) is 1. The SMILES string of the molecule is CC.CC(C)CC(=O)N1CCC(C)CC1. The normalized spacial score (nSPS) is 17.3. The average Bonchev–Trinajstić information content (AvgIpc) is 2.20. The van der Waals surface area contributed by atoms with E-state index in [0.717, 1.165) is 19.0 Å².